The number of anilines is 2. The Balaban J connectivity index is 1.85. The molecule has 0 saturated heterocycles. The Morgan fingerprint density at radius 2 is 1.96 bits per heavy atom. The Bertz CT molecular complexity index is 1040. The minimum atomic E-state index is 0.171. The molecule has 4 rings (SSSR count). The van der Waals surface area contributed by atoms with Crippen molar-refractivity contribution in [3.05, 3.63) is 54.7 Å². The van der Waals surface area contributed by atoms with Gasteiger partial charge in [0.1, 0.15) is 22.5 Å². The molecule has 0 unspecified atom stereocenters. The second-order valence-corrected chi connectivity index (χ2v) is 5.40. The summed E-state index contributed by atoms with van der Waals surface area (Å²) < 4.78 is 5.41. The summed E-state index contributed by atoms with van der Waals surface area (Å²) in [6, 6.07) is 14.4. The number of methoxy groups -OCH3 is 1. The zero-order valence-corrected chi connectivity index (χ0v) is 13.4. The second kappa shape index (κ2) is 6.12. The smallest absolute Gasteiger partial charge is 0.166 e. The summed E-state index contributed by atoms with van der Waals surface area (Å²) in [5, 5.41) is 19.8. The molecule has 2 aromatic heterocycles. The van der Waals surface area contributed by atoms with Crippen LogP contribution in [0, 0.1) is 0 Å². The van der Waals surface area contributed by atoms with E-state index in [0.29, 0.717) is 34.1 Å². The fraction of sp³-hybridized carbons (Fsp3) is 0.0556. The van der Waals surface area contributed by atoms with E-state index in [0.717, 1.165) is 5.56 Å². The Hall–Kier alpha value is -3.61. The van der Waals surface area contributed by atoms with Gasteiger partial charge in [-0.15, -0.1) is 0 Å². The lowest BCUT2D eigenvalue weighted by molar-refractivity contribution is 0.416. The van der Waals surface area contributed by atoms with Gasteiger partial charge in [-0.3, -0.25) is 5.10 Å². The standard InChI is InChI=1S/C18H15N5O2/c1-25-15-8-3-2-7-13(15)17-21-14-10-19-23-16(14)18(22-17)20-11-5-4-6-12(24)9-11/h2-10,24H,1H3,(H,19,23)(H,20,21,22). The Labute approximate surface area is 143 Å². The molecule has 7 heteroatoms. The third-order valence-electron chi connectivity index (χ3n) is 3.76. The maximum absolute atomic E-state index is 9.66. The molecule has 124 valence electrons. The molecule has 0 bridgehead atoms. The van der Waals surface area contributed by atoms with Crippen molar-refractivity contribution in [2.75, 3.05) is 12.4 Å². The zero-order chi connectivity index (χ0) is 17.2. The summed E-state index contributed by atoms with van der Waals surface area (Å²) in [5.74, 6) is 1.95. The van der Waals surface area contributed by atoms with Crippen LogP contribution >= 0.6 is 0 Å². The van der Waals surface area contributed by atoms with Gasteiger partial charge in [-0.1, -0.05) is 18.2 Å². The molecule has 0 radical (unpaired) electrons. The van der Waals surface area contributed by atoms with E-state index in [-0.39, 0.29) is 5.75 Å². The topological polar surface area (TPSA) is 95.9 Å². The van der Waals surface area contributed by atoms with Crippen LogP contribution in [0.15, 0.2) is 54.7 Å². The van der Waals surface area contributed by atoms with Crippen LogP contribution in [0.4, 0.5) is 11.5 Å². The van der Waals surface area contributed by atoms with E-state index in [1.54, 1.807) is 31.5 Å². The number of rotatable bonds is 4. The van der Waals surface area contributed by atoms with Gasteiger partial charge in [0, 0.05) is 11.8 Å². The molecule has 0 atom stereocenters. The van der Waals surface area contributed by atoms with Gasteiger partial charge in [0.25, 0.3) is 0 Å². The number of H-pyrrole nitrogens is 1. The number of aromatic nitrogens is 4. The fourth-order valence-electron chi connectivity index (χ4n) is 2.60. The first-order valence-electron chi connectivity index (χ1n) is 7.65. The summed E-state index contributed by atoms with van der Waals surface area (Å²) in [4.78, 5) is 9.18. The molecular formula is C18H15N5O2. The van der Waals surface area contributed by atoms with E-state index in [4.69, 9.17) is 4.74 Å². The van der Waals surface area contributed by atoms with Crippen LogP contribution in [0.5, 0.6) is 11.5 Å². The third-order valence-corrected chi connectivity index (χ3v) is 3.76. The number of benzene rings is 2. The van der Waals surface area contributed by atoms with Crippen LogP contribution < -0.4 is 10.1 Å². The summed E-state index contributed by atoms with van der Waals surface area (Å²) in [7, 11) is 1.61. The molecular weight excluding hydrogens is 318 g/mol. The van der Waals surface area contributed by atoms with E-state index in [1.807, 2.05) is 30.3 Å². The second-order valence-electron chi connectivity index (χ2n) is 5.40. The van der Waals surface area contributed by atoms with Gasteiger partial charge in [0.15, 0.2) is 11.6 Å². The maximum atomic E-state index is 9.66. The fourth-order valence-corrected chi connectivity index (χ4v) is 2.60. The molecule has 0 amide bonds. The van der Waals surface area contributed by atoms with E-state index in [1.165, 1.54) is 0 Å². The van der Waals surface area contributed by atoms with Gasteiger partial charge in [-0.25, -0.2) is 9.97 Å². The van der Waals surface area contributed by atoms with Gasteiger partial charge in [-0.2, -0.15) is 5.10 Å². The lowest BCUT2D eigenvalue weighted by Crippen LogP contribution is -2.00. The molecule has 25 heavy (non-hydrogen) atoms. The molecule has 0 aliphatic carbocycles. The number of aromatic hydroxyl groups is 1. The number of phenols is 1. The first-order chi connectivity index (χ1) is 12.2. The lowest BCUT2D eigenvalue weighted by Gasteiger charge is -2.11. The number of hydrogen-bond donors (Lipinski definition) is 3. The van der Waals surface area contributed by atoms with Gasteiger partial charge in [0.2, 0.25) is 0 Å². The molecule has 0 spiro atoms. The average Bonchev–Trinajstić information content (AvgIpc) is 3.10. The van der Waals surface area contributed by atoms with Crippen molar-refractivity contribution in [1.82, 2.24) is 20.2 Å². The molecule has 3 N–H and O–H groups in total. The molecule has 4 aromatic rings. The van der Waals surface area contributed by atoms with E-state index < -0.39 is 0 Å². The summed E-state index contributed by atoms with van der Waals surface area (Å²) in [5.41, 5.74) is 2.85. The number of nitrogens with one attached hydrogen (secondary N) is 2. The molecule has 0 aliphatic rings. The number of para-hydroxylation sites is 1. The number of ether oxygens (including phenoxy) is 1. The van der Waals surface area contributed by atoms with Crippen molar-refractivity contribution in [3.63, 3.8) is 0 Å². The van der Waals surface area contributed by atoms with Crippen molar-refractivity contribution in [2.45, 2.75) is 0 Å². The third kappa shape index (κ3) is 2.83. The summed E-state index contributed by atoms with van der Waals surface area (Å²) in [6.45, 7) is 0. The first-order valence-corrected chi connectivity index (χ1v) is 7.65. The van der Waals surface area contributed by atoms with Crippen molar-refractivity contribution in [3.8, 4) is 22.9 Å². The van der Waals surface area contributed by atoms with Crippen LogP contribution in [0.2, 0.25) is 0 Å². The van der Waals surface area contributed by atoms with Crippen molar-refractivity contribution in [2.24, 2.45) is 0 Å². The number of nitrogens with zero attached hydrogens (tertiary/aromatic N) is 3. The Kier molecular flexibility index (Phi) is 3.66. The highest BCUT2D eigenvalue weighted by Crippen LogP contribution is 2.31. The van der Waals surface area contributed by atoms with Crippen LogP contribution in [-0.2, 0) is 0 Å². The largest absolute Gasteiger partial charge is 0.508 e. The SMILES string of the molecule is COc1ccccc1-c1nc(Nc2cccc(O)c2)c2[nH]ncc2n1. The van der Waals surface area contributed by atoms with Gasteiger partial charge < -0.3 is 15.2 Å². The maximum Gasteiger partial charge on any atom is 0.166 e. The minimum Gasteiger partial charge on any atom is -0.508 e. The lowest BCUT2D eigenvalue weighted by atomic mass is 10.2. The van der Waals surface area contributed by atoms with Crippen LogP contribution in [0.3, 0.4) is 0 Å². The molecule has 0 fully saturated rings. The number of fused-ring (bicyclic) bond motifs is 1. The number of hydrogen-bond acceptors (Lipinski definition) is 6. The predicted octanol–water partition coefficient (Wildman–Crippen LogP) is 3.48. The number of phenolic OH excluding ortho intramolecular Hbond substituents is 1. The Morgan fingerprint density at radius 3 is 2.80 bits per heavy atom. The van der Waals surface area contributed by atoms with E-state index >= 15 is 0 Å². The van der Waals surface area contributed by atoms with Gasteiger partial charge in [-0.05, 0) is 24.3 Å². The highest BCUT2D eigenvalue weighted by molar-refractivity contribution is 5.89. The van der Waals surface area contributed by atoms with Crippen LogP contribution in [0.1, 0.15) is 0 Å². The number of aromatic amines is 1. The van der Waals surface area contributed by atoms with Gasteiger partial charge >= 0.3 is 0 Å². The van der Waals surface area contributed by atoms with Gasteiger partial charge in [0.05, 0.1) is 18.9 Å². The van der Waals surface area contributed by atoms with E-state index in [2.05, 4.69) is 25.5 Å². The monoisotopic (exact) mass is 333 g/mol. The summed E-state index contributed by atoms with van der Waals surface area (Å²) >= 11 is 0. The average molecular weight is 333 g/mol. The molecule has 2 heterocycles. The van der Waals surface area contributed by atoms with Crippen molar-refractivity contribution in [1.29, 1.82) is 0 Å². The van der Waals surface area contributed by atoms with Crippen LogP contribution in [-0.4, -0.2) is 32.4 Å². The molecule has 7 nitrogen and oxygen atoms in total. The van der Waals surface area contributed by atoms with Crippen LogP contribution in [0.25, 0.3) is 22.4 Å². The predicted molar refractivity (Wildman–Crippen MR) is 95.1 cm³/mol. The van der Waals surface area contributed by atoms with E-state index in [9.17, 15) is 5.11 Å². The quantitative estimate of drug-likeness (QED) is 0.529. The van der Waals surface area contributed by atoms with Crippen molar-refractivity contribution < 1.29 is 9.84 Å². The Morgan fingerprint density at radius 1 is 1.08 bits per heavy atom. The summed E-state index contributed by atoms with van der Waals surface area (Å²) in [6.07, 6.45) is 1.64. The van der Waals surface area contributed by atoms with Crippen molar-refractivity contribution >= 4 is 22.5 Å². The molecule has 0 aliphatic heterocycles. The normalized spacial score (nSPS) is 10.8. The molecule has 0 saturated carbocycles. The highest BCUT2D eigenvalue weighted by atomic mass is 16.5. The minimum absolute atomic E-state index is 0.171. The zero-order valence-electron chi connectivity index (χ0n) is 13.4. The molecule has 2 aromatic carbocycles. The first kappa shape index (κ1) is 14.9. The highest BCUT2D eigenvalue weighted by Gasteiger charge is 2.14.